The third-order valence-electron chi connectivity index (χ3n) is 4.12. The van der Waals surface area contributed by atoms with Crippen LogP contribution in [0.4, 0.5) is 0 Å². The summed E-state index contributed by atoms with van der Waals surface area (Å²) in [4.78, 5) is 12.0. The van der Waals surface area contributed by atoms with Crippen molar-refractivity contribution in [3.63, 3.8) is 0 Å². The molecular weight excluding hydrogens is 172 g/mol. The second-order valence-electron chi connectivity index (χ2n) is 5.65. The zero-order valence-corrected chi connectivity index (χ0v) is 9.42. The summed E-state index contributed by atoms with van der Waals surface area (Å²) in [5.41, 5.74) is 0.350. The number of allylic oxidation sites excluding steroid dienone is 2. The van der Waals surface area contributed by atoms with E-state index < -0.39 is 0 Å². The number of hydrogen-bond donors (Lipinski definition) is 0. The van der Waals surface area contributed by atoms with Crippen molar-refractivity contribution in [3.8, 4) is 0 Å². The first-order chi connectivity index (χ1) is 6.52. The first-order valence-electron chi connectivity index (χ1n) is 5.71. The molecule has 0 spiro atoms. The van der Waals surface area contributed by atoms with Gasteiger partial charge in [0.25, 0.3) is 0 Å². The number of fused-ring (bicyclic) bond motifs is 1. The molecule has 0 amide bonds. The van der Waals surface area contributed by atoms with Crippen molar-refractivity contribution in [1.29, 1.82) is 0 Å². The van der Waals surface area contributed by atoms with Crippen LogP contribution >= 0.6 is 0 Å². The van der Waals surface area contributed by atoms with E-state index in [2.05, 4.69) is 32.9 Å². The molecule has 0 unspecified atom stereocenters. The van der Waals surface area contributed by atoms with E-state index in [0.717, 1.165) is 19.3 Å². The molecule has 1 fully saturated rings. The zero-order chi connectivity index (χ0) is 10.3. The van der Waals surface area contributed by atoms with Crippen LogP contribution in [0, 0.1) is 23.2 Å². The highest BCUT2D eigenvalue weighted by molar-refractivity contribution is 5.84. The molecule has 0 radical (unpaired) electrons. The van der Waals surface area contributed by atoms with Crippen LogP contribution in [-0.4, -0.2) is 5.78 Å². The van der Waals surface area contributed by atoms with Crippen LogP contribution in [0.15, 0.2) is 12.2 Å². The normalized spacial score (nSPS) is 40.8. The molecule has 0 aliphatic heterocycles. The van der Waals surface area contributed by atoms with Crippen molar-refractivity contribution >= 4 is 5.78 Å². The van der Waals surface area contributed by atoms with Crippen LogP contribution in [-0.2, 0) is 4.79 Å². The monoisotopic (exact) mass is 192 g/mol. The Morgan fingerprint density at radius 3 is 2.64 bits per heavy atom. The van der Waals surface area contributed by atoms with Crippen molar-refractivity contribution in [2.45, 2.75) is 40.0 Å². The lowest BCUT2D eigenvalue weighted by Crippen LogP contribution is -2.44. The minimum absolute atomic E-state index is 0.276. The molecule has 3 atom stereocenters. The molecule has 0 aromatic rings. The largest absolute Gasteiger partial charge is 0.299 e. The quantitative estimate of drug-likeness (QED) is 0.539. The van der Waals surface area contributed by atoms with Crippen LogP contribution in [0.2, 0.25) is 0 Å². The average Bonchev–Trinajstić information content (AvgIpc) is 2.14. The van der Waals surface area contributed by atoms with Crippen LogP contribution in [0.5, 0.6) is 0 Å². The summed E-state index contributed by atoms with van der Waals surface area (Å²) < 4.78 is 0. The van der Waals surface area contributed by atoms with Gasteiger partial charge in [-0.1, -0.05) is 32.9 Å². The van der Waals surface area contributed by atoms with Gasteiger partial charge in [-0.3, -0.25) is 4.79 Å². The second kappa shape index (κ2) is 3.22. The molecule has 0 N–H and O–H groups in total. The van der Waals surface area contributed by atoms with E-state index in [1.807, 2.05) is 0 Å². The van der Waals surface area contributed by atoms with E-state index in [1.165, 1.54) is 0 Å². The van der Waals surface area contributed by atoms with Gasteiger partial charge in [0.2, 0.25) is 0 Å². The number of rotatable bonds is 0. The van der Waals surface area contributed by atoms with Crippen molar-refractivity contribution in [3.05, 3.63) is 12.2 Å². The fourth-order valence-corrected chi connectivity index (χ4v) is 3.40. The number of carbonyl (C=O) groups excluding carboxylic acids is 1. The summed E-state index contributed by atoms with van der Waals surface area (Å²) in [5.74, 6) is 1.70. The topological polar surface area (TPSA) is 17.1 Å². The molecule has 78 valence electrons. The molecule has 1 saturated carbocycles. The Kier molecular flexibility index (Phi) is 2.29. The Morgan fingerprint density at radius 2 is 1.93 bits per heavy atom. The third kappa shape index (κ3) is 1.43. The first kappa shape index (κ1) is 9.95. The van der Waals surface area contributed by atoms with Gasteiger partial charge in [0, 0.05) is 11.8 Å². The minimum Gasteiger partial charge on any atom is -0.299 e. The lowest BCUT2D eigenvalue weighted by Gasteiger charge is -2.46. The standard InChI is InChI=1S/C13H20O/c1-9-8-13(2,3)11-7-5-4-6-10(11)12(9)14/h4-5,9-11H,6-8H2,1-3H3/t9-,10+,11+/m1/s1. The van der Waals surface area contributed by atoms with E-state index in [0.29, 0.717) is 23.0 Å². The van der Waals surface area contributed by atoms with Gasteiger partial charge < -0.3 is 0 Å². The van der Waals surface area contributed by atoms with E-state index in [1.54, 1.807) is 0 Å². The maximum atomic E-state index is 12.0. The van der Waals surface area contributed by atoms with E-state index in [-0.39, 0.29) is 5.92 Å². The van der Waals surface area contributed by atoms with Gasteiger partial charge in [0.05, 0.1) is 0 Å². The lowest BCUT2D eigenvalue weighted by atomic mass is 9.57. The summed E-state index contributed by atoms with van der Waals surface area (Å²) >= 11 is 0. The second-order valence-corrected chi connectivity index (χ2v) is 5.65. The highest BCUT2D eigenvalue weighted by atomic mass is 16.1. The predicted octanol–water partition coefficient (Wildman–Crippen LogP) is 3.20. The van der Waals surface area contributed by atoms with Gasteiger partial charge in [-0.05, 0) is 30.6 Å². The van der Waals surface area contributed by atoms with Crippen LogP contribution in [0.1, 0.15) is 40.0 Å². The molecule has 2 aliphatic rings. The smallest absolute Gasteiger partial charge is 0.139 e. The Labute approximate surface area is 86.6 Å². The molecule has 0 heterocycles. The Hall–Kier alpha value is -0.590. The molecule has 1 nitrogen and oxygen atoms in total. The Balaban J connectivity index is 2.30. The third-order valence-corrected chi connectivity index (χ3v) is 4.12. The summed E-state index contributed by atoms with van der Waals surface area (Å²) in [7, 11) is 0. The molecular formula is C13H20O. The van der Waals surface area contributed by atoms with E-state index in [4.69, 9.17) is 0 Å². The maximum Gasteiger partial charge on any atom is 0.139 e. The van der Waals surface area contributed by atoms with E-state index in [9.17, 15) is 4.79 Å². The van der Waals surface area contributed by atoms with Gasteiger partial charge in [0.1, 0.15) is 5.78 Å². The highest BCUT2D eigenvalue weighted by Gasteiger charge is 2.46. The lowest BCUT2D eigenvalue weighted by molar-refractivity contribution is -0.136. The number of hydrogen-bond acceptors (Lipinski definition) is 1. The Bertz CT molecular complexity index is 275. The van der Waals surface area contributed by atoms with Gasteiger partial charge in [-0.25, -0.2) is 0 Å². The molecule has 2 rings (SSSR count). The fraction of sp³-hybridized carbons (Fsp3) is 0.769. The molecule has 0 saturated heterocycles. The highest BCUT2D eigenvalue weighted by Crippen LogP contribution is 2.49. The van der Waals surface area contributed by atoms with Crippen LogP contribution < -0.4 is 0 Å². The molecule has 0 aromatic carbocycles. The molecule has 14 heavy (non-hydrogen) atoms. The summed E-state index contributed by atoms with van der Waals surface area (Å²) in [6.07, 6.45) is 7.60. The SMILES string of the molecule is C[C@@H]1CC(C)(C)[C@H]2CC=CC[C@@H]2C1=O. The Morgan fingerprint density at radius 1 is 1.29 bits per heavy atom. The first-order valence-corrected chi connectivity index (χ1v) is 5.71. The van der Waals surface area contributed by atoms with Crippen molar-refractivity contribution in [2.24, 2.45) is 23.2 Å². The fourth-order valence-electron chi connectivity index (χ4n) is 3.40. The van der Waals surface area contributed by atoms with Gasteiger partial charge in [-0.15, -0.1) is 0 Å². The zero-order valence-electron chi connectivity index (χ0n) is 9.42. The van der Waals surface area contributed by atoms with Crippen LogP contribution in [0.25, 0.3) is 0 Å². The molecule has 1 heteroatoms. The van der Waals surface area contributed by atoms with Crippen molar-refractivity contribution in [2.75, 3.05) is 0 Å². The van der Waals surface area contributed by atoms with Gasteiger partial charge >= 0.3 is 0 Å². The summed E-state index contributed by atoms with van der Waals surface area (Å²) in [6.45, 7) is 6.75. The average molecular weight is 192 g/mol. The summed E-state index contributed by atoms with van der Waals surface area (Å²) in [6, 6.07) is 0. The van der Waals surface area contributed by atoms with Crippen LogP contribution in [0.3, 0.4) is 0 Å². The molecule has 0 aromatic heterocycles. The number of Topliss-reactive ketones (excluding diaryl/α,β-unsaturated/α-hetero) is 1. The van der Waals surface area contributed by atoms with Gasteiger partial charge in [-0.2, -0.15) is 0 Å². The van der Waals surface area contributed by atoms with Crippen molar-refractivity contribution in [1.82, 2.24) is 0 Å². The predicted molar refractivity (Wildman–Crippen MR) is 57.9 cm³/mol. The van der Waals surface area contributed by atoms with Gasteiger partial charge in [0.15, 0.2) is 0 Å². The number of ketones is 1. The molecule has 2 aliphatic carbocycles. The van der Waals surface area contributed by atoms with E-state index >= 15 is 0 Å². The maximum absolute atomic E-state index is 12.0. The molecule has 0 bridgehead atoms. The number of carbonyl (C=O) groups is 1. The minimum atomic E-state index is 0.276. The summed E-state index contributed by atoms with van der Waals surface area (Å²) in [5, 5.41) is 0. The van der Waals surface area contributed by atoms with Crippen molar-refractivity contribution < 1.29 is 4.79 Å².